The van der Waals surface area contributed by atoms with Crippen LogP contribution >= 0.6 is 11.3 Å². The van der Waals surface area contributed by atoms with Crippen LogP contribution in [0.3, 0.4) is 0 Å². The van der Waals surface area contributed by atoms with Crippen LogP contribution in [0.25, 0.3) is 11.3 Å². The van der Waals surface area contributed by atoms with Crippen molar-refractivity contribution in [3.63, 3.8) is 0 Å². The van der Waals surface area contributed by atoms with Gasteiger partial charge in [0.25, 0.3) is 11.8 Å². The lowest BCUT2D eigenvalue weighted by Crippen LogP contribution is -2.43. The summed E-state index contributed by atoms with van der Waals surface area (Å²) in [4.78, 5) is 43.2. The molecule has 1 aromatic heterocycles. The summed E-state index contributed by atoms with van der Waals surface area (Å²) < 4.78 is 21.3. The number of esters is 1. The highest BCUT2D eigenvalue weighted by molar-refractivity contribution is 7.14. The van der Waals surface area contributed by atoms with E-state index >= 15 is 0 Å². The second-order valence-corrected chi connectivity index (χ2v) is 9.03. The van der Waals surface area contributed by atoms with Gasteiger partial charge < -0.3 is 23.8 Å². The largest absolute Gasteiger partial charge is 0.493 e. The van der Waals surface area contributed by atoms with E-state index in [4.69, 9.17) is 18.9 Å². The van der Waals surface area contributed by atoms with Gasteiger partial charge in [-0.3, -0.25) is 14.9 Å². The number of morpholine rings is 1. The number of methoxy groups -OCH3 is 1. The average Bonchev–Trinajstić information content (AvgIpc) is 3.39. The van der Waals surface area contributed by atoms with Crippen LogP contribution in [0, 0.1) is 6.92 Å². The van der Waals surface area contributed by atoms with Crippen LogP contribution in [0.15, 0.2) is 47.8 Å². The Morgan fingerprint density at radius 1 is 1.05 bits per heavy atom. The molecule has 1 fully saturated rings. The molecule has 1 aliphatic heterocycles. The van der Waals surface area contributed by atoms with E-state index in [0.29, 0.717) is 37.2 Å². The molecule has 2 heterocycles. The van der Waals surface area contributed by atoms with Crippen molar-refractivity contribution in [1.82, 2.24) is 9.88 Å². The number of thiazole rings is 1. The van der Waals surface area contributed by atoms with E-state index in [1.54, 1.807) is 4.90 Å². The van der Waals surface area contributed by atoms with Gasteiger partial charge in [-0.1, -0.05) is 29.8 Å². The van der Waals surface area contributed by atoms with Gasteiger partial charge in [0.15, 0.2) is 29.8 Å². The van der Waals surface area contributed by atoms with E-state index in [9.17, 15) is 14.4 Å². The minimum absolute atomic E-state index is 0.161. The Balaban J connectivity index is 1.28. The summed E-state index contributed by atoms with van der Waals surface area (Å²) >= 11 is 1.28. The van der Waals surface area contributed by atoms with Gasteiger partial charge in [0, 0.05) is 24.0 Å². The fourth-order valence-corrected chi connectivity index (χ4v) is 4.25. The van der Waals surface area contributed by atoms with Crippen molar-refractivity contribution in [3.8, 4) is 22.8 Å². The SMILES string of the molecule is COc1cc(C(=O)OCC(=O)Nc2nc(-c3ccc(C)cc3)cs2)ccc1OCC(=O)N1CCOCC1. The summed E-state index contributed by atoms with van der Waals surface area (Å²) in [6.45, 7) is 3.41. The van der Waals surface area contributed by atoms with Gasteiger partial charge in [-0.15, -0.1) is 11.3 Å². The summed E-state index contributed by atoms with van der Waals surface area (Å²) in [7, 11) is 1.42. The number of rotatable bonds is 9. The van der Waals surface area contributed by atoms with Gasteiger partial charge in [0.1, 0.15) is 0 Å². The molecule has 0 radical (unpaired) electrons. The zero-order chi connectivity index (χ0) is 26.2. The first-order valence-corrected chi connectivity index (χ1v) is 12.5. The molecule has 11 heteroatoms. The lowest BCUT2D eigenvalue weighted by atomic mass is 10.1. The molecule has 2 aromatic carbocycles. The number of carbonyl (C=O) groups excluding carboxylic acids is 3. The third-order valence-electron chi connectivity index (χ3n) is 5.55. The van der Waals surface area contributed by atoms with Crippen LogP contribution in [0.2, 0.25) is 0 Å². The Bertz CT molecular complexity index is 1250. The molecule has 2 amide bonds. The molecule has 0 bridgehead atoms. The molecule has 194 valence electrons. The molecule has 3 aromatic rings. The standard InChI is InChI=1S/C26H27N3O7S/c1-17-3-5-18(6-4-17)20-16-37-26(27-20)28-23(30)14-36-25(32)19-7-8-21(22(13-19)33-2)35-15-24(31)29-9-11-34-12-10-29/h3-8,13,16H,9-12,14-15H2,1-2H3,(H,27,28,30). The summed E-state index contributed by atoms with van der Waals surface area (Å²) in [5.74, 6) is -0.798. The van der Waals surface area contributed by atoms with E-state index in [-0.39, 0.29) is 23.8 Å². The summed E-state index contributed by atoms with van der Waals surface area (Å²) in [5.41, 5.74) is 3.01. The minimum Gasteiger partial charge on any atom is -0.493 e. The highest BCUT2D eigenvalue weighted by Crippen LogP contribution is 2.29. The van der Waals surface area contributed by atoms with Crippen LogP contribution in [0.1, 0.15) is 15.9 Å². The number of aryl methyl sites for hydroxylation is 1. The average molecular weight is 526 g/mol. The zero-order valence-corrected chi connectivity index (χ0v) is 21.3. The molecule has 10 nitrogen and oxygen atoms in total. The van der Waals surface area contributed by atoms with Crippen LogP contribution in [-0.2, 0) is 19.1 Å². The molecule has 37 heavy (non-hydrogen) atoms. The maximum absolute atomic E-state index is 12.5. The summed E-state index contributed by atoms with van der Waals surface area (Å²) in [6, 6.07) is 12.3. The highest BCUT2D eigenvalue weighted by atomic mass is 32.1. The number of amides is 2. The number of nitrogens with one attached hydrogen (secondary N) is 1. The number of nitrogens with zero attached hydrogens (tertiary/aromatic N) is 2. The Labute approximate surface area is 218 Å². The topological polar surface area (TPSA) is 116 Å². The van der Waals surface area contributed by atoms with E-state index in [1.807, 2.05) is 36.6 Å². The molecule has 0 unspecified atom stereocenters. The third-order valence-corrected chi connectivity index (χ3v) is 6.30. The van der Waals surface area contributed by atoms with Gasteiger partial charge in [-0.05, 0) is 25.1 Å². The number of aromatic nitrogens is 1. The van der Waals surface area contributed by atoms with Crippen molar-refractivity contribution in [2.45, 2.75) is 6.92 Å². The Hall–Kier alpha value is -3.96. The van der Waals surface area contributed by atoms with Gasteiger partial charge in [-0.2, -0.15) is 0 Å². The Kier molecular flexibility index (Phi) is 8.70. The Morgan fingerprint density at radius 2 is 1.81 bits per heavy atom. The van der Waals surface area contributed by atoms with Gasteiger partial charge >= 0.3 is 5.97 Å². The van der Waals surface area contributed by atoms with Crippen molar-refractivity contribution in [1.29, 1.82) is 0 Å². The Morgan fingerprint density at radius 3 is 2.54 bits per heavy atom. The summed E-state index contributed by atoms with van der Waals surface area (Å²) in [6.07, 6.45) is 0. The zero-order valence-electron chi connectivity index (χ0n) is 20.5. The fourth-order valence-electron chi connectivity index (χ4n) is 3.52. The minimum atomic E-state index is -0.705. The van der Waals surface area contributed by atoms with E-state index < -0.39 is 18.5 Å². The normalized spacial score (nSPS) is 13.1. The molecular weight excluding hydrogens is 498 g/mol. The van der Waals surface area contributed by atoms with Gasteiger partial charge in [0.05, 0.1) is 31.6 Å². The number of carbonyl (C=O) groups is 3. The quantitative estimate of drug-likeness (QED) is 0.424. The maximum Gasteiger partial charge on any atom is 0.338 e. The maximum atomic E-state index is 12.5. The number of anilines is 1. The molecule has 0 saturated carbocycles. The van der Waals surface area contributed by atoms with Crippen LogP contribution in [-0.4, -0.2) is 74.3 Å². The molecule has 1 N–H and O–H groups in total. The molecular formula is C26H27N3O7S. The lowest BCUT2D eigenvalue weighted by Gasteiger charge is -2.26. The first-order chi connectivity index (χ1) is 17.9. The van der Waals surface area contributed by atoms with E-state index in [2.05, 4.69) is 10.3 Å². The van der Waals surface area contributed by atoms with Crippen molar-refractivity contribution < 1.29 is 33.3 Å². The molecule has 1 saturated heterocycles. The molecule has 0 spiro atoms. The number of benzene rings is 2. The molecule has 4 rings (SSSR count). The second kappa shape index (κ2) is 12.3. The number of ether oxygens (including phenoxy) is 4. The first-order valence-electron chi connectivity index (χ1n) is 11.6. The van der Waals surface area contributed by atoms with Crippen molar-refractivity contribution in [3.05, 3.63) is 59.0 Å². The monoisotopic (exact) mass is 525 g/mol. The fraction of sp³-hybridized carbons (Fsp3) is 0.308. The second-order valence-electron chi connectivity index (χ2n) is 8.18. The predicted molar refractivity (Wildman–Crippen MR) is 137 cm³/mol. The van der Waals surface area contributed by atoms with E-state index in [0.717, 1.165) is 16.8 Å². The predicted octanol–water partition coefficient (Wildman–Crippen LogP) is 3.16. The van der Waals surface area contributed by atoms with E-state index in [1.165, 1.54) is 36.6 Å². The number of hydrogen-bond donors (Lipinski definition) is 1. The molecule has 0 aliphatic carbocycles. The first kappa shape index (κ1) is 26.1. The lowest BCUT2D eigenvalue weighted by molar-refractivity contribution is -0.137. The van der Waals surface area contributed by atoms with Crippen molar-refractivity contribution in [2.75, 3.05) is 51.9 Å². The highest BCUT2D eigenvalue weighted by Gasteiger charge is 2.19. The molecule has 1 aliphatic rings. The smallest absolute Gasteiger partial charge is 0.338 e. The van der Waals surface area contributed by atoms with Gasteiger partial charge in [0.2, 0.25) is 0 Å². The summed E-state index contributed by atoms with van der Waals surface area (Å²) in [5, 5.41) is 4.89. The van der Waals surface area contributed by atoms with Crippen LogP contribution < -0.4 is 14.8 Å². The van der Waals surface area contributed by atoms with Crippen molar-refractivity contribution in [2.24, 2.45) is 0 Å². The molecule has 0 atom stereocenters. The third kappa shape index (κ3) is 7.05. The van der Waals surface area contributed by atoms with Crippen LogP contribution in [0.5, 0.6) is 11.5 Å². The number of hydrogen-bond acceptors (Lipinski definition) is 9. The van der Waals surface area contributed by atoms with Crippen molar-refractivity contribution >= 4 is 34.3 Å². The van der Waals surface area contributed by atoms with Gasteiger partial charge in [-0.25, -0.2) is 9.78 Å². The van der Waals surface area contributed by atoms with Crippen LogP contribution in [0.4, 0.5) is 5.13 Å².